The third kappa shape index (κ3) is 2.22. The number of halogens is 2. The molecule has 0 aliphatic carbocycles. The molecule has 3 rings (SSSR count). The van der Waals surface area contributed by atoms with Crippen molar-refractivity contribution in [1.82, 2.24) is 4.98 Å². The first-order valence-corrected chi connectivity index (χ1v) is 6.84. The van der Waals surface area contributed by atoms with Gasteiger partial charge in [0.15, 0.2) is 5.58 Å². The molecule has 0 saturated heterocycles. The summed E-state index contributed by atoms with van der Waals surface area (Å²) >= 11 is 9.50. The van der Waals surface area contributed by atoms with E-state index >= 15 is 0 Å². The molecule has 5 heteroatoms. The lowest BCUT2D eigenvalue weighted by atomic mass is 10.1. The van der Waals surface area contributed by atoms with E-state index in [4.69, 9.17) is 21.8 Å². The van der Waals surface area contributed by atoms with Gasteiger partial charge in [-0.1, -0.05) is 33.6 Å². The molecule has 19 heavy (non-hydrogen) atoms. The van der Waals surface area contributed by atoms with Crippen molar-refractivity contribution in [2.45, 2.75) is 6.92 Å². The Balaban J connectivity index is 2.20. The molecule has 3 aromatic rings. The largest absolute Gasteiger partial charge is 0.434 e. The molecule has 2 N–H and O–H groups in total. The molecule has 0 spiro atoms. The van der Waals surface area contributed by atoms with Gasteiger partial charge < -0.3 is 10.2 Å². The second kappa shape index (κ2) is 4.54. The highest BCUT2D eigenvalue weighted by Crippen LogP contribution is 2.32. The standard InChI is InChI=1S/C14H10BrClN2O/c1-7-2-3-8(4-10(7)16)14-18-12-6-9(15)5-11(17)13(12)19-14/h2-6H,17H2,1H3. The van der Waals surface area contributed by atoms with Gasteiger partial charge in [0.25, 0.3) is 0 Å². The normalized spacial score (nSPS) is 11.1. The van der Waals surface area contributed by atoms with E-state index in [1.54, 1.807) is 6.07 Å². The number of hydrogen-bond donors (Lipinski definition) is 1. The van der Waals surface area contributed by atoms with Crippen molar-refractivity contribution in [3.05, 3.63) is 45.4 Å². The third-order valence-electron chi connectivity index (χ3n) is 2.90. The van der Waals surface area contributed by atoms with Crippen LogP contribution >= 0.6 is 27.5 Å². The zero-order valence-electron chi connectivity index (χ0n) is 10.1. The molecule has 0 atom stereocenters. The van der Waals surface area contributed by atoms with Crippen molar-refractivity contribution < 1.29 is 4.42 Å². The Morgan fingerprint density at radius 2 is 2.05 bits per heavy atom. The van der Waals surface area contributed by atoms with Gasteiger partial charge in [-0.15, -0.1) is 0 Å². The van der Waals surface area contributed by atoms with Crippen molar-refractivity contribution in [1.29, 1.82) is 0 Å². The summed E-state index contributed by atoms with van der Waals surface area (Å²) in [6, 6.07) is 9.36. The second-order valence-electron chi connectivity index (χ2n) is 4.33. The average molecular weight is 338 g/mol. The van der Waals surface area contributed by atoms with Crippen LogP contribution in [0.2, 0.25) is 5.02 Å². The highest BCUT2D eigenvalue weighted by Gasteiger charge is 2.12. The molecule has 1 aromatic heterocycles. The van der Waals surface area contributed by atoms with E-state index in [0.717, 1.165) is 21.1 Å². The predicted molar refractivity (Wildman–Crippen MR) is 81.3 cm³/mol. The van der Waals surface area contributed by atoms with Crippen molar-refractivity contribution in [2.75, 3.05) is 5.73 Å². The van der Waals surface area contributed by atoms with Gasteiger partial charge in [0.1, 0.15) is 5.52 Å². The highest BCUT2D eigenvalue weighted by atomic mass is 79.9. The molecule has 2 aromatic carbocycles. The number of nitrogens with zero attached hydrogens (tertiary/aromatic N) is 1. The monoisotopic (exact) mass is 336 g/mol. The fourth-order valence-electron chi connectivity index (χ4n) is 1.87. The van der Waals surface area contributed by atoms with Crippen LogP contribution in [0.25, 0.3) is 22.6 Å². The Labute approximate surface area is 123 Å². The fourth-order valence-corrected chi connectivity index (χ4v) is 2.52. The second-order valence-corrected chi connectivity index (χ2v) is 5.65. The van der Waals surface area contributed by atoms with Gasteiger partial charge in [0, 0.05) is 15.1 Å². The number of rotatable bonds is 1. The number of aromatic nitrogens is 1. The van der Waals surface area contributed by atoms with Crippen LogP contribution in [0.3, 0.4) is 0 Å². The van der Waals surface area contributed by atoms with E-state index in [-0.39, 0.29) is 0 Å². The lowest BCUT2D eigenvalue weighted by molar-refractivity contribution is 0.621. The highest BCUT2D eigenvalue weighted by molar-refractivity contribution is 9.10. The van der Waals surface area contributed by atoms with E-state index in [1.807, 2.05) is 31.2 Å². The Hall–Kier alpha value is -1.52. The zero-order valence-corrected chi connectivity index (χ0v) is 12.4. The minimum Gasteiger partial charge on any atom is -0.434 e. The van der Waals surface area contributed by atoms with Gasteiger partial charge in [0.2, 0.25) is 5.89 Å². The number of hydrogen-bond acceptors (Lipinski definition) is 3. The van der Waals surface area contributed by atoms with E-state index in [0.29, 0.717) is 22.2 Å². The third-order valence-corrected chi connectivity index (χ3v) is 3.77. The summed E-state index contributed by atoms with van der Waals surface area (Å²) in [5.74, 6) is 0.515. The first-order valence-electron chi connectivity index (χ1n) is 5.66. The molecule has 96 valence electrons. The number of nitrogens with two attached hydrogens (primary N) is 1. The molecule has 0 bridgehead atoms. The molecule has 1 heterocycles. The SMILES string of the molecule is Cc1ccc(-c2nc3cc(Br)cc(N)c3o2)cc1Cl. The molecule has 0 aliphatic rings. The molecule has 3 nitrogen and oxygen atoms in total. The molecule has 0 aliphatic heterocycles. The van der Waals surface area contributed by atoms with Crippen molar-refractivity contribution in [2.24, 2.45) is 0 Å². The van der Waals surface area contributed by atoms with Crippen molar-refractivity contribution >= 4 is 44.3 Å². The smallest absolute Gasteiger partial charge is 0.227 e. The maximum atomic E-state index is 6.12. The molecular weight excluding hydrogens is 328 g/mol. The summed E-state index contributed by atoms with van der Waals surface area (Å²) in [7, 11) is 0. The van der Waals surface area contributed by atoms with Gasteiger partial charge in [-0.3, -0.25) is 0 Å². The Bertz CT molecular complexity index is 782. The maximum Gasteiger partial charge on any atom is 0.227 e. The fraction of sp³-hybridized carbons (Fsp3) is 0.0714. The minimum atomic E-state index is 0.515. The summed E-state index contributed by atoms with van der Waals surface area (Å²) in [4.78, 5) is 4.44. The van der Waals surface area contributed by atoms with E-state index < -0.39 is 0 Å². The molecule has 0 fully saturated rings. The summed E-state index contributed by atoms with van der Waals surface area (Å²) < 4.78 is 6.59. The molecule has 0 unspecified atom stereocenters. The number of anilines is 1. The molecule has 0 saturated carbocycles. The summed E-state index contributed by atoms with van der Waals surface area (Å²) in [5.41, 5.74) is 9.64. The Morgan fingerprint density at radius 1 is 1.26 bits per heavy atom. The number of aryl methyl sites for hydroxylation is 1. The van der Waals surface area contributed by atoms with Crippen LogP contribution in [0.5, 0.6) is 0 Å². The molecule has 0 amide bonds. The number of nitrogen functional groups attached to an aromatic ring is 1. The van der Waals surface area contributed by atoms with Crippen LogP contribution in [-0.4, -0.2) is 4.98 Å². The van der Waals surface area contributed by atoms with Crippen molar-refractivity contribution in [3.8, 4) is 11.5 Å². The predicted octanol–water partition coefficient (Wildman–Crippen LogP) is 4.80. The summed E-state index contributed by atoms with van der Waals surface area (Å²) in [6.45, 7) is 1.95. The topological polar surface area (TPSA) is 52.0 Å². The quantitative estimate of drug-likeness (QED) is 0.649. The minimum absolute atomic E-state index is 0.515. The average Bonchev–Trinajstić information content (AvgIpc) is 2.76. The lowest BCUT2D eigenvalue weighted by Gasteiger charge is -1.99. The zero-order chi connectivity index (χ0) is 13.6. The Morgan fingerprint density at radius 3 is 2.79 bits per heavy atom. The van der Waals surface area contributed by atoms with Gasteiger partial charge in [0.05, 0.1) is 5.69 Å². The first kappa shape index (κ1) is 12.5. The van der Waals surface area contributed by atoms with E-state index in [9.17, 15) is 0 Å². The summed E-state index contributed by atoms with van der Waals surface area (Å²) in [5, 5.41) is 0.689. The van der Waals surface area contributed by atoms with E-state index in [2.05, 4.69) is 20.9 Å². The van der Waals surface area contributed by atoms with Gasteiger partial charge >= 0.3 is 0 Å². The van der Waals surface area contributed by atoms with Crippen LogP contribution in [0.4, 0.5) is 5.69 Å². The molecule has 0 radical (unpaired) electrons. The van der Waals surface area contributed by atoms with E-state index in [1.165, 1.54) is 0 Å². The molecular formula is C14H10BrClN2O. The maximum absolute atomic E-state index is 6.12. The van der Waals surface area contributed by atoms with Crippen LogP contribution in [0.15, 0.2) is 39.2 Å². The van der Waals surface area contributed by atoms with Crippen LogP contribution in [0, 0.1) is 6.92 Å². The van der Waals surface area contributed by atoms with Gasteiger partial charge in [-0.2, -0.15) is 0 Å². The van der Waals surface area contributed by atoms with Crippen LogP contribution in [-0.2, 0) is 0 Å². The van der Waals surface area contributed by atoms with Gasteiger partial charge in [-0.05, 0) is 36.8 Å². The number of benzene rings is 2. The van der Waals surface area contributed by atoms with Gasteiger partial charge in [-0.25, -0.2) is 4.98 Å². The number of fused-ring (bicyclic) bond motifs is 1. The van der Waals surface area contributed by atoms with Crippen molar-refractivity contribution in [3.63, 3.8) is 0 Å². The summed E-state index contributed by atoms with van der Waals surface area (Å²) in [6.07, 6.45) is 0. The van der Waals surface area contributed by atoms with Crippen LogP contribution in [0.1, 0.15) is 5.56 Å². The Kier molecular flexibility index (Phi) is 2.99. The number of oxazole rings is 1. The first-order chi connectivity index (χ1) is 9.04. The van der Waals surface area contributed by atoms with Crippen LogP contribution < -0.4 is 5.73 Å². The lowest BCUT2D eigenvalue weighted by Crippen LogP contribution is -1.84.